The number of halogens is 2. The quantitative estimate of drug-likeness (QED) is 0.542. The van der Waals surface area contributed by atoms with E-state index < -0.39 is 9.84 Å². The van der Waals surface area contributed by atoms with Gasteiger partial charge in [-0.3, -0.25) is 4.79 Å². The highest BCUT2D eigenvalue weighted by molar-refractivity contribution is 7.91. The zero-order valence-corrected chi connectivity index (χ0v) is 18.6. The van der Waals surface area contributed by atoms with E-state index in [4.69, 9.17) is 23.2 Å². The van der Waals surface area contributed by atoms with E-state index in [1.54, 1.807) is 23.1 Å². The number of rotatable bonds is 5. The first-order chi connectivity index (χ1) is 14.3. The summed E-state index contributed by atoms with van der Waals surface area (Å²) in [6.07, 6.45) is 0.637. The molecule has 1 amide bonds. The van der Waals surface area contributed by atoms with Crippen LogP contribution in [0.3, 0.4) is 0 Å². The van der Waals surface area contributed by atoms with Gasteiger partial charge in [0.15, 0.2) is 9.84 Å². The predicted molar refractivity (Wildman–Crippen MR) is 122 cm³/mol. The molecule has 0 aromatic heterocycles. The molecule has 0 bridgehead atoms. The lowest BCUT2D eigenvalue weighted by Gasteiger charge is -2.29. The molecule has 1 fully saturated rings. The van der Waals surface area contributed by atoms with Gasteiger partial charge < -0.3 is 4.90 Å². The van der Waals surface area contributed by atoms with Crippen molar-refractivity contribution in [1.29, 1.82) is 0 Å². The summed E-state index contributed by atoms with van der Waals surface area (Å²) in [5.74, 6) is -0.0247. The Bertz CT molecular complexity index is 1200. The Balaban J connectivity index is 1.65. The van der Waals surface area contributed by atoms with Gasteiger partial charge >= 0.3 is 0 Å². The van der Waals surface area contributed by atoms with Crippen molar-refractivity contribution in [1.82, 2.24) is 4.90 Å². The molecule has 156 valence electrons. The van der Waals surface area contributed by atoms with Crippen LogP contribution in [0.25, 0.3) is 10.8 Å². The van der Waals surface area contributed by atoms with Crippen LogP contribution in [0.5, 0.6) is 0 Å². The minimum absolute atomic E-state index is 0.0144. The van der Waals surface area contributed by atoms with Crippen molar-refractivity contribution in [3.8, 4) is 0 Å². The van der Waals surface area contributed by atoms with Crippen molar-refractivity contribution in [3.05, 3.63) is 81.8 Å². The summed E-state index contributed by atoms with van der Waals surface area (Å²) >= 11 is 12.3. The molecule has 0 saturated carbocycles. The average molecular weight is 462 g/mol. The van der Waals surface area contributed by atoms with Crippen LogP contribution >= 0.6 is 23.2 Å². The molecule has 3 aromatic carbocycles. The Kier molecular flexibility index (Phi) is 6.05. The Hall–Kier alpha value is -2.08. The Morgan fingerprint density at radius 3 is 2.50 bits per heavy atom. The molecule has 1 atom stereocenters. The maximum atomic E-state index is 13.4. The fourth-order valence-corrected chi connectivity index (χ4v) is 6.19. The molecule has 1 heterocycles. The van der Waals surface area contributed by atoms with E-state index >= 15 is 0 Å². The standard InChI is InChI=1S/C23H21Cl2NO3S/c24-19-9-8-18(22(25)13-19)14-26(20-10-11-30(28,29)15-20)23(27)12-17-6-3-5-16-4-1-2-7-21(16)17/h1-9,13,20H,10-12,14-15H2/t20-/m0/s1. The van der Waals surface area contributed by atoms with Crippen molar-refractivity contribution < 1.29 is 13.2 Å². The third kappa shape index (κ3) is 4.64. The van der Waals surface area contributed by atoms with Gasteiger partial charge in [0.2, 0.25) is 5.91 Å². The molecule has 0 aliphatic carbocycles. The van der Waals surface area contributed by atoms with E-state index in [1.807, 2.05) is 42.5 Å². The van der Waals surface area contributed by atoms with Gasteiger partial charge in [-0.1, -0.05) is 71.7 Å². The highest BCUT2D eigenvalue weighted by atomic mass is 35.5. The highest BCUT2D eigenvalue weighted by Crippen LogP contribution is 2.27. The van der Waals surface area contributed by atoms with Gasteiger partial charge in [-0.15, -0.1) is 0 Å². The fraction of sp³-hybridized carbons (Fsp3) is 0.261. The number of hydrogen-bond acceptors (Lipinski definition) is 3. The van der Waals surface area contributed by atoms with Gasteiger partial charge in [0.05, 0.1) is 17.9 Å². The van der Waals surface area contributed by atoms with E-state index in [2.05, 4.69) is 0 Å². The average Bonchev–Trinajstić information content (AvgIpc) is 3.07. The molecule has 1 saturated heterocycles. The maximum absolute atomic E-state index is 13.4. The third-order valence-electron chi connectivity index (χ3n) is 5.55. The lowest BCUT2D eigenvalue weighted by Crippen LogP contribution is -2.41. The van der Waals surface area contributed by atoms with Crippen molar-refractivity contribution in [2.75, 3.05) is 11.5 Å². The highest BCUT2D eigenvalue weighted by Gasteiger charge is 2.35. The number of nitrogens with zero attached hydrogens (tertiary/aromatic N) is 1. The molecule has 1 aliphatic heterocycles. The summed E-state index contributed by atoms with van der Waals surface area (Å²) in [6, 6.07) is 18.6. The van der Waals surface area contributed by atoms with Gasteiger partial charge in [-0.25, -0.2) is 8.42 Å². The maximum Gasteiger partial charge on any atom is 0.227 e. The minimum Gasteiger partial charge on any atom is -0.334 e. The summed E-state index contributed by atoms with van der Waals surface area (Å²) in [5.41, 5.74) is 1.67. The second kappa shape index (κ2) is 8.58. The van der Waals surface area contributed by atoms with Crippen LogP contribution in [-0.2, 0) is 27.6 Å². The first-order valence-electron chi connectivity index (χ1n) is 9.73. The number of sulfone groups is 1. The van der Waals surface area contributed by atoms with Crippen LogP contribution < -0.4 is 0 Å². The van der Waals surface area contributed by atoms with Crippen LogP contribution in [0.4, 0.5) is 0 Å². The monoisotopic (exact) mass is 461 g/mol. The number of carbonyl (C=O) groups is 1. The lowest BCUT2D eigenvalue weighted by atomic mass is 10.0. The van der Waals surface area contributed by atoms with Gasteiger partial charge in [-0.05, 0) is 40.5 Å². The molecule has 0 unspecified atom stereocenters. The van der Waals surface area contributed by atoms with Crippen LogP contribution in [0.15, 0.2) is 60.7 Å². The molecule has 7 heteroatoms. The molecule has 1 aliphatic rings. The zero-order valence-electron chi connectivity index (χ0n) is 16.2. The normalized spacial score (nSPS) is 17.9. The first kappa shape index (κ1) is 21.2. The third-order valence-corrected chi connectivity index (χ3v) is 7.88. The molecule has 4 rings (SSSR count). The van der Waals surface area contributed by atoms with E-state index in [0.29, 0.717) is 16.5 Å². The molecule has 3 aromatic rings. The van der Waals surface area contributed by atoms with Crippen LogP contribution in [0.2, 0.25) is 10.0 Å². The minimum atomic E-state index is -3.14. The van der Waals surface area contributed by atoms with Gasteiger partial charge in [-0.2, -0.15) is 0 Å². The number of carbonyl (C=O) groups excluding carboxylic acids is 1. The topological polar surface area (TPSA) is 54.5 Å². The summed E-state index contributed by atoms with van der Waals surface area (Å²) in [4.78, 5) is 15.1. The summed E-state index contributed by atoms with van der Waals surface area (Å²) in [5, 5.41) is 3.07. The molecule has 30 heavy (non-hydrogen) atoms. The van der Waals surface area contributed by atoms with E-state index in [-0.39, 0.29) is 36.4 Å². The van der Waals surface area contributed by atoms with Gasteiger partial charge in [0.25, 0.3) is 0 Å². The Morgan fingerprint density at radius 1 is 1.00 bits per heavy atom. The second-order valence-electron chi connectivity index (χ2n) is 7.63. The number of benzene rings is 3. The molecule has 0 N–H and O–H groups in total. The summed E-state index contributed by atoms with van der Waals surface area (Å²) in [7, 11) is -3.14. The Labute approximate surface area is 186 Å². The van der Waals surface area contributed by atoms with Crippen molar-refractivity contribution in [2.45, 2.75) is 25.4 Å². The molecular weight excluding hydrogens is 441 g/mol. The number of amides is 1. The van der Waals surface area contributed by atoms with Crippen molar-refractivity contribution >= 4 is 49.7 Å². The molecule has 0 radical (unpaired) electrons. The van der Waals surface area contributed by atoms with E-state index in [0.717, 1.165) is 21.9 Å². The number of hydrogen-bond donors (Lipinski definition) is 0. The van der Waals surface area contributed by atoms with Crippen molar-refractivity contribution in [3.63, 3.8) is 0 Å². The summed E-state index contributed by atoms with van der Waals surface area (Å²) < 4.78 is 24.2. The molecule has 4 nitrogen and oxygen atoms in total. The number of fused-ring (bicyclic) bond motifs is 1. The second-order valence-corrected chi connectivity index (χ2v) is 10.7. The van der Waals surface area contributed by atoms with Crippen LogP contribution in [0.1, 0.15) is 17.5 Å². The largest absolute Gasteiger partial charge is 0.334 e. The molecular formula is C23H21Cl2NO3S. The van der Waals surface area contributed by atoms with Crippen molar-refractivity contribution in [2.24, 2.45) is 0 Å². The summed E-state index contributed by atoms with van der Waals surface area (Å²) in [6.45, 7) is 0.250. The zero-order chi connectivity index (χ0) is 21.3. The van der Waals surface area contributed by atoms with Gasteiger partial charge in [0.1, 0.15) is 0 Å². The fourth-order valence-electron chi connectivity index (χ4n) is 3.99. The van der Waals surface area contributed by atoms with Gasteiger partial charge in [0, 0.05) is 22.6 Å². The van der Waals surface area contributed by atoms with Crippen LogP contribution in [0, 0.1) is 0 Å². The smallest absolute Gasteiger partial charge is 0.227 e. The SMILES string of the molecule is O=C(Cc1cccc2ccccc12)N(Cc1ccc(Cl)cc1Cl)[C@H]1CCS(=O)(=O)C1. The first-order valence-corrected chi connectivity index (χ1v) is 12.3. The lowest BCUT2D eigenvalue weighted by molar-refractivity contribution is -0.133. The molecule has 0 spiro atoms. The van der Waals surface area contributed by atoms with Crippen LogP contribution in [-0.4, -0.2) is 36.8 Å². The predicted octanol–water partition coefficient (Wildman–Crippen LogP) is 4.91. The van der Waals surface area contributed by atoms with E-state index in [9.17, 15) is 13.2 Å². The Morgan fingerprint density at radius 2 is 1.77 bits per heavy atom. The van der Waals surface area contributed by atoms with E-state index in [1.165, 1.54) is 0 Å².